The summed E-state index contributed by atoms with van der Waals surface area (Å²) in [5, 5.41) is 2.48. The molecule has 168 valence electrons. The lowest BCUT2D eigenvalue weighted by Crippen LogP contribution is -2.16. The first kappa shape index (κ1) is 22.3. The fourth-order valence-electron chi connectivity index (χ4n) is 3.45. The van der Waals surface area contributed by atoms with E-state index in [0.29, 0.717) is 22.5 Å². The van der Waals surface area contributed by atoms with Gasteiger partial charge in [0.25, 0.3) is 10.0 Å². The molecular weight excluding hydrogens is 458 g/mol. The number of sulfonamides is 1. The first-order valence-electron chi connectivity index (χ1n) is 9.87. The maximum atomic E-state index is 13.8. The second-order valence-corrected chi connectivity index (χ2v) is 10.2. The van der Waals surface area contributed by atoms with Gasteiger partial charge < -0.3 is 5.32 Å². The van der Waals surface area contributed by atoms with Gasteiger partial charge in [0.15, 0.2) is 21.8 Å². The summed E-state index contributed by atoms with van der Waals surface area (Å²) < 4.78 is 55.6. The number of benzene rings is 1. The number of rotatable bonds is 6. The highest BCUT2D eigenvalue weighted by Crippen LogP contribution is 2.45. The van der Waals surface area contributed by atoms with Gasteiger partial charge in [-0.05, 0) is 55.5 Å². The summed E-state index contributed by atoms with van der Waals surface area (Å²) in [5.41, 5.74) is 1.57. The van der Waals surface area contributed by atoms with Crippen LogP contribution in [0.5, 0.6) is 0 Å². The second kappa shape index (κ2) is 8.55. The van der Waals surface area contributed by atoms with Gasteiger partial charge in [-0.3, -0.25) is 9.52 Å². The molecular formula is C21H20F2N4O3S2. The van der Waals surface area contributed by atoms with Crippen LogP contribution in [0.1, 0.15) is 42.5 Å². The summed E-state index contributed by atoms with van der Waals surface area (Å²) in [6.45, 7) is 2.91. The Kier molecular flexibility index (Phi) is 5.95. The van der Waals surface area contributed by atoms with E-state index in [9.17, 15) is 22.0 Å². The van der Waals surface area contributed by atoms with E-state index in [4.69, 9.17) is 0 Å². The Labute approximate surface area is 188 Å². The van der Waals surface area contributed by atoms with E-state index in [0.717, 1.165) is 36.3 Å². The second-order valence-electron chi connectivity index (χ2n) is 7.62. The van der Waals surface area contributed by atoms with Crippen molar-refractivity contribution < 1.29 is 22.0 Å². The molecule has 1 aliphatic rings. The molecule has 4 rings (SSSR count). The van der Waals surface area contributed by atoms with Crippen molar-refractivity contribution in [2.45, 2.75) is 44.1 Å². The quantitative estimate of drug-likeness (QED) is 0.529. The van der Waals surface area contributed by atoms with E-state index in [1.54, 1.807) is 6.92 Å². The van der Waals surface area contributed by atoms with Crippen LogP contribution in [0.2, 0.25) is 0 Å². The van der Waals surface area contributed by atoms with Crippen molar-refractivity contribution in [3.63, 3.8) is 0 Å². The molecule has 1 saturated carbocycles. The first-order valence-corrected chi connectivity index (χ1v) is 12.2. The van der Waals surface area contributed by atoms with Crippen molar-refractivity contribution in [1.29, 1.82) is 0 Å². The number of anilines is 2. The number of carbonyl (C=O) groups excluding carboxylic acids is 1. The Morgan fingerprint density at radius 3 is 2.53 bits per heavy atom. The summed E-state index contributed by atoms with van der Waals surface area (Å²) in [5.74, 6) is -2.04. The maximum Gasteiger partial charge on any atom is 0.281 e. The van der Waals surface area contributed by atoms with Crippen LogP contribution in [-0.4, -0.2) is 24.3 Å². The number of thiazole rings is 1. The van der Waals surface area contributed by atoms with Crippen LogP contribution in [0.4, 0.5) is 19.6 Å². The number of nitrogens with one attached hydrogen (secondary N) is 2. The van der Waals surface area contributed by atoms with Crippen molar-refractivity contribution >= 4 is 38.1 Å². The highest BCUT2D eigenvalue weighted by molar-refractivity contribution is 7.92. The minimum absolute atomic E-state index is 0.124. The highest BCUT2D eigenvalue weighted by atomic mass is 32.2. The van der Waals surface area contributed by atoms with Gasteiger partial charge in [-0.15, -0.1) is 11.3 Å². The van der Waals surface area contributed by atoms with E-state index < -0.39 is 21.7 Å². The van der Waals surface area contributed by atoms with E-state index in [1.807, 2.05) is 0 Å². The predicted molar refractivity (Wildman–Crippen MR) is 118 cm³/mol. The smallest absolute Gasteiger partial charge is 0.281 e. The van der Waals surface area contributed by atoms with Crippen LogP contribution in [0.25, 0.3) is 11.3 Å². The van der Waals surface area contributed by atoms with Gasteiger partial charge in [-0.1, -0.05) is 6.42 Å². The van der Waals surface area contributed by atoms with Crippen LogP contribution < -0.4 is 10.0 Å². The number of hydrogen-bond donors (Lipinski definition) is 2. The zero-order chi connectivity index (χ0) is 23.0. The molecule has 32 heavy (non-hydrogen) atoms. The van der Waals surface area contributed by atoms with Gasteiger partial charge in [-0.2, -0.15) is 8.42 Å². The fourth-order valence-corrected chi connectivity index (χ4v) is 6.00. The lowest BCUT2D eigenvalue weighted by molar-refractivity contribution is -0.114. The molecule has 1 amide bonds. The number of hydrogen-bond acceptors (Lipinski definition) is 6. The zero-order valence-electron chi connectivity index (χ0n) is 17.3. The van der Waals surface area contributed by atoms with Gasteiger partial charge in [-0.25, -0.2) is 18.7 Å². The number of halogens is 2. The third-order valence-electron chi connectivity index (χ3n) is 5.15. The summed E-state index contributed by atoms with van der Waals surface area (Å²) >= 11 is 1.18. The van der Waals surface area contributed by atoms with Gasteiger partial charge in [0.05, 0.1) is 17.6 Å². The van der Waals surface area contributed by atoms with Crippen molar-refractivity contribution in [2.75, 3.05) is 10.0 Å². The number of nitrogens with zero attached hydrogens (tertiary/aromatic N) is 2. The Morgan fingerprint density at radius 2 is 1.94 bits per heavy atom. The van der Waals surface area contributed by atoms with E-state index in [-0.39, 0.29) is 22.0 Å². The topological polar surface area (TPSA) is 101 Å². The molecule has 0 bridgehead atoms. The average molecular weight is 479 g/mol. The molecule has 0 saturated heterocycles. The number of pyridine rings is 1. The van der Waals surface area contributed by atoms with E-state index >= 15 is 0 Å². The third-order valence-corrected chi connectivity index (χ3v) is 7.81. The predicted octanol–water partition coefficient (Wildman–Crippen LogP) is 4.82. The third kappa shape index (κ3) is 4.49. The SMILES string of the molecule is CC(=O)Nc1cnc(S(=O)(=O)Nc2nc(-c3ccc(F)c(F)c3)c(C3CCC3)s2)c(C)c1. The number of aryl methyl sites for hydroxylation is 1. The van der Waals surface area contributed by atoms with Crippen LogP contribution in [0.3, 0.4) is 0 Å². The lowest BCUT2D eigenvalue weighted by atomic mass is 9.83. The molecule has 7 nitrogen and oxygen atoms in total. The summed E-state index contributed by atoms with van der Waals surface area (Å²) in [4.78, 5) is 20.4. The molecule has 1 aromatic carbocycles. The first-order chi connectivity index (χ1) is 15.1. The average Bonchev–Trinajstić information content (AvgIpc) is 3.04. The van der Waals surface area contributed by atoms with Gasteiger partial charge in [0, 0.05) is 17.4 Å². The van der Waals surface area contributed by atoms with Crippen LogP contribution >= 0.6 is 11.3 Å². The molecule has 0 unspecified atom stereocenters. The highest BCUT2D eigenvalue weighted by Gasteiger charge is 2.29. The van der Waals surface area contributed by atoms with Crippen molar-refractivity contribution in [2.24, 2.45) is 0 Å². The molecule has 0 aliphatic heterocycles. The van der Waals surface area contributed by atoms with Gasteiger partial charge >= 0.3 is 0 Å². The summed E-state index contributed by atoms with van der Waals surface area (Å²) in [6.07, 6.45) is 4.16. The number of amides is 1. The molecule has 3 aromatic rings. The van der Waals surface area contributed by atoms with Crippen LogP contribution in [0, 0.1) is 18.6 Å². The van der Waals surface area contributed by atoms with Crippen molar-refractivity contribution in [1.82, 2.24) is 9.97 Å². The largest absolute Gasteiger partial charge is 0.325 e. The molecule has 0 atom stereocenters. The number of carbonyl (C=O) groups is 1. The Balaban J connectivity index is 1.67. The monoisotopic (exact) mass is 478 g/mol. The maximum absolute atomic E-state index is 13.8. The molecule has 0 radical (unpaired) electrons. The van der Waals surface area contributed by atoms with Crippen molar-refractivity contribution in [3.8, 4) is 11.3 Å². The molecule has 1 fully saturated rings. The fraction of sp³-hybridized carbons (Fsp3) is 0.286. The summed E-state index contributed by atoms with van der Waals surface area (Å²) in [7, 11) is -4.06. The Bertz CT molecular complexity index is 1300. The normalized spacial score (nSPS) is 14.1. The standard InChI is InChI=1S/C21H20F2N4O3S2/c1-11-8-15(25-12(2)28)10-24-20(11)32(29,30)27-21-26-18(19(31-21)13-4-3-5-13)14-6-7-16(22)17(23)9-14/h6-10,13H,3-5H2,1-2H3,(H,25,28)(H,26,27). The van der Waals surface area contributed by atoms with E-state index in [2.05, 4.69) is 20.0 Å². The minimum atomic E-state index is -4.06. The van der Waals surface area contributed by atoms with Gasteiger partial charge in [0.2, 0.25) is 5.91 Å². The van der Waals surface area contributed by atoms with Crippen LogP contribution in [0.15, 0.2) is 35.5 Å². The summed E-state index contributed by atoms with van der Waals surface area (Å²) in [6, 6.07) is 5.04. The van der Waals surface area contributed by atoms with Crippen LogP contribution in [-0.2, 0) is 14.8 Å². The molecule has 2 aromatic heterocycles. The van der Waals surface area contributed by atoms with E-state index in [1.165, 1.54) is 36.6 Å². The molecule has 1 aliphatic carbocycles. The molecule has 2 N–H and O–H groups in total. The minimum Gasteiger partial charge on any atom is -0.325 e. The lowest BCUT2D eigenvalue weighted by Gasteiger charge is -2.24. The molecule has 0 spiro atoms. The zero-order valence-corrected chi connectivity index (χ0v) is 18.9. The Hall–Kier alpha value is -2.92. The van der Waals surface area contributed by atoms with Crippen molar-refractivity contribution in [3.05, 3.63) is 52.5 Å². The Morgan fingerprint density at radius 1 is 1.19 bits per heavy atom. The number of aromatic nitrogens is 2. The van der Waals surface area contributed by atoms with Gasteiger partial charge in [0.1, 0.15) is 0 Å². The molecule has 11 heteroatoms. The molecule has 2 heterocycles.